The van der Waals surface area contributed by atoms with E-state index in [1.165, 1.54) is 0 Å². The maximum Gasteiger partial charge on any atom is 0.113 e. The van der Waals surface area contributed by atoms with Gasteiger partial charge in [0, 0.05) is 23.2 Å². The molecule has 1 atom stereocenters. The second-order valence-corrected chi connectivity index (χ2v) is 5.14. The van der Waals surface area contributed by atoms with Gasteiger partial charge in [0.2, 0.25) is 0 Å². The Kier molecular flexibility index (Phi) is 3.11. The van der Waals surface area contributed by atoms with Gasteiger partial charge in [0.15, 0.2) is 0 Å². The normalized spacial score (nSPS) is 19.6. The summed E-state index contributed by atoms with van der Waals surface area (Å²) in [7, 11) is 0. The van der Waals surface area contributed by atoms with Gasteiger partial charge in [0.05, 0.1) is 12.7 Å². The topological polar surface area (TPSA) is 42.7 Å². The van der Waals surface area contributed by atoms with Gasteiger partial charge in [0.1, 0.15) is 5.69 Å². The zero-order valence-corrected chi connectivity index (χ0v) is 10.2. The summed E-state index contributed by atoms with van der Waals surface area (Å²) in [5.41, 5.74) is 2.06. The summed E-state index contributed by atoms with van der Waals surface area (Å²) in [6, 6.07) is 10.7. The zero-order chi connectivity index (χ0) is 11.5. The van der Waals surface area contributed by atoms with E-state index in [1.807, 2.05) is 40.8 Å². The predicted molar refractivity (Wildman–Crippen MR) is 69.7 cm³/mol. The Balaban J connectivity index is 1.74. The summed E-state index contributed by atoms with van der Waals surface area (Å²) in [5.74, 6) is 2.20. The van der Waals surface area contributed by atoms with E-state index in [1.54, 1.807) is 0 Å². The Labute approximate surface area is 104 Å². The Morgan fingerprint density at radius 1 is 1.35 bits per heavy atom. The van der Waals surface area contributed by atoms with Crippen LogP contribution < -0.4 is 5.32 Å². The van der Waals surface area contributed by atoms with Gasteiger partial charge in [-0.1, -0.05) is 35.5 Å². The van der Waals surface area contributed by atoms with Gasteiger partial charge in [-0.15, -0.1) is 16.9 Å². The predicted octanol–water partition coefficient (Wildman–Crippen LogP) is 1.61. The number of nitrogens with one attached hydrogen (secondary N) is 1. The molecule has 1 aliphatic rings. The van der Waals surface area contributed by atoms with E-state index < -0.39 is 0 Å². The van der Waals surface area contributed by atoms with Crippen molar-refractivity contribution in [1.82, 2.24) is 20.3 Å². The van der Waals surface area contributed by atoms with Crippen molar-refractivity contribution in [2.24, 2.45) is 0 Å². The molecule has 1 N–H and O–H groups in total. The van der Waals surface area contributed by atoms with Crippen molar-refractivity contribution in [1.29, 1.82) is 0 Å². The number of hydrogen-bond donors (Lipinski definition) is 1. The molecule has 1 fully saturated rings. The third-order valence-corrected chi connectivity index (χ3v) is 3.82. The van der Waals surface area contributed by atoms with Crippen LogP contribution in [0, 0.1) is 0 Å². The standard InChI is InChI=1S/C12H14N4S/c1-2-4-10(5-3-1)12-7-16(15-14-12)6-11-8-17-9-13-11/h1-5,7,11,13H,6,8-9H2/t11-/m1/s1. The van der Waals surface area contributed by atoms with Crippen LogP contribution in [0.2, 0.25) is 0 Å². The van der Waals surface area contributed by atoms with E-state index in [9.17, 15) is 0 Å². The molecular weight excluding hydrogens is 232 g/mol. The van der Waals surface area contributed by atoms with Gasteiger partial charge in [-0.05, 0) is 0 Å². The molecule has 4 nitrogen and oxygen atoms in total. The van der Waals surface area contributed by atoms with Crippen molar-refractivity contribution in [3.05, 3.63) is 36.5 Å². The van der Waals surface area contributed by atoms with Crippen LogP contribution in [-0.2, 0) is 6.54 Å². The highest BCUT2D eigenvalue weighted by Gasteiger charge is 2.15. The average molecular weight is 246 g/mol. The maximum absolute atomic E-state index is 4.21. The Bertz CT molecular complexity index is 476. The molecule has 2 aromatic rings. The van der Waals surface area contributed by atoms with Gasteiger partial charge >= 0.3 is 0 Å². The van der Waals surface area contributed by atoms with E-state index in [2.05, 4.69) is 27.8 Å². The second-order valence-electron chi connectivity index (χ2n) is 4.11. The Morgan fingerprint density at radius 3 is 3.00 bits per heavy atom. The van der Waals surface area contributed by atoms with E-state index in [4.69, 9.17) is 0 Å². The third-order valence-electron chi connectivity index (χ3n) is 2.81. The van der Waals surface area contributed by atoms with Crippen LogP contribution >= 0.6 is 11.8 Å². The van der Waals surface area contributed by atoms with Gasteiger partial charge in [-0.25, -0.2) is 0 Å². The molecule has 1 aromatic heterocycles. The summed E-state index contributed by atoms with van der Waals surface area (Å²) in [6.07, 6.45) is 2.01. The fraction of sp³-hybridized carbons (Fsp3) is 0.333. The van der Waals surface area contributed by atoms with E-state index in [0.29, 0.717) is 6.04 Å². The number of rotatable bonds is 3. The van der Waals surface area contributed by atoms with Crippen molar-refractivity contribution < 1.29 is 0 Å². The second kappa shape index (κ2) is 4.89. The maximum atomic E-state index is 4.21. The van der Waals surface area contributed by atoms with Crippen LogP contribution in [0.25, 0.3) is 11.3 Å². The Hall–Kier alpha value is -1.33. The first kappa shape index (κ1) is 10.8. The summed E-state index contributed by atoms with van der Waals surface area (Å²) in [4.78, 5) is 0. The van der Waals surface area contributed by atoms with Crippen LogP contribution in [0.1, 0.15) is 0 Å². The lowest BCUT2D eigenvalue weighted by Crippen LogP contribution is -2.29. The minimum absolute atomic E-state index is 0.519. The van der Waals surface area contributed by atoms with E-state index in [-0.39, 0.29) is 0 Å². The molecular formula is C12H14N4S. The average Bonchev–Trinajstić information content (AvgIpc) is 3.02. The first-order chi connectivity index (χ1) is 8.42. The lowest BCUT2D eigenvalue weighted by molar-refractivity contribution is 0.483. The van der Waals surface area contributed by atoms with Crippen molar-refractivity contribution in [3.63, 3.8) is 0 Å². The molecule has 5 heteroatoms. The van der Waals surface area contributed by atoms with E-state index >= 15 is 0 Å². The molecule has 1 saturated heterocycles. The minimum atomic E-state index is 0.519. The van der Waals surface area contributed by atoms with Crippen LogP contribution in [0.5, 0.6) is 0 Å². The smallest absolute Gasteiger partial charge is 0.113 e. The molecule has 0 radical (unpaired) electrons. The highest BCUT2D eigenvalue weighted by Crippen LogP contribution is 2.16. The summed E-state index contributed by atoms with van der Waals surface area (Å²) < 4.78 is 1.92. The number of nitrogens with zero attached hydrogens (tertiary/aromatic N) is 3. The Morgan fingerprint density at radius 2 is 2.24 bits per heavy atom. The van der Waals surface area contributed by atoms with Gasteiger partial charge in [-0.3, -0.25) is 4.68 Å². The van der Waals surface area contributed by atoms with Crippen LogP contribution in [-0.4, -0.2) is 32.7 Å². The molecule has 1 aromatic carbocycles. The molecule has 3 rings (SSSR count). The molecule has 17 heavy (non-hydrogen) atoms. The lowest BCUT2D eigenvalue weighted by Gasteiger charge is -2.07. The molecule has 88 valence electrons. The highest BCUT2D eigenvalue weighted by molar-refractivity contribution is 7.99. The lowest BCUT2D eigenvalue weighted by atomic mass is 10.2. The summed E-state index contributed by atoms with van der Waals surface area (Å²) in [6.45, 7) is 0.896. The zero-order valence-electron chi connectivity index (χ0n) is 9.41. The fourth-order valence-corrected chi connectivity index (χ4v) is 2.89. The first-order valence-electron chi connectivity index (χ1n) is 5.68. The molecule has 0 amide bonds. The highest BCUT2D eigenvalue weighted by atomic mass is 32.2. The molecule has 2 heterocycles. The molecule has 0 unspecified atom stereocenters. The summed E-state index contributed by atoms with van der Waals surface area (Å²) >= 11 is 1.93. The van der Waals surface area contributed by atoms with Crippen molar-refractivity contribution in [2.45, 2.75) is 12.6 Å². The third kappa shape index (κ3) is 2.50. The quantitative estimate of drug-likeness (QED) is 0.893. The van der Waals surface area contributed by atoms with Crippen LogP contribution in [0.15, 0.2) is 36.5 Å². The molecule has 0 aliphatic carbocycles. The van der Waals surface area contributed by atoms with Crippen LogP contribution in [0.3, 0.4) is 0 Å². The minimum Gasteiger partial charge on any atom is -0.302 e. The number of hydrogen-bond acceptors (Lipinski definition) is 4. The van der Waals surface area contributed by atoms with Gasteiger partial charge in [0.25, 0.3) is 0 Å². The largest absolute Gasteiger partial charge is 0.302 e. The SMILES string of the molecule is c1ccc(-c2cn(C[C@@H]3CSCN3)nn2)cc1. The molecule has 0 spiro atoms. The van der Waals surface area contributed by atoms with Crippen molar-refractivity contribution in [3.8, 4) is 11.3 Å². The van der Waals surface area contributed by atoms with Gasteiger partial charge < -0.3 is 5.32 Å². The van der Waals surface area contributed by atoms with Crippen LogP contribution in [0.4, 0.5) is 0 Å². The monoisotopic (exact) mass is 246 g/mol. The number of benzene rings is 1. The van der Waals surface area contributed by atoms with Crippen molar-refractivity contribution in [2.75, 3.05) is 11.6 Å². The molecule has 0 bridgehead atoms. The number of aromatic nitrogens is 3. The molecule has 0 saturated carbocycles. The van der Waals surface area contributed by atoms with Gasteiger partial charge in [-0.2, -0.15) is 0 Å². The first-order valence-corrected chi connectivity index (χ1v) is 6.84. The fourth-order valence-electron chi connectivity index (χ4n) is 1.91. The van der Waals surface area contributed by atoms with E-state index in [0.717, 1.165) is 29.4 Å². The summed E-state index contributed by atoms with van der Waals surface area (Å²) in [5, 5.41) is 11.8. The van der Waals surface area contributed by atoms with Crippen molar-refractivity contribution >= 4 is 11.8 Å². The molecule has 1 aliphatic heterocycles. The number of thioether (sulfide) groups is 1.